The number of aromatic nitrogens is 4. The van der Waals surface area contributed by atoms with E-state index in [2.05, 4.69) is 118 Å². The molecule has 4 aromatic heterocycles. The van der Waals surface area contributed by atoms with Crippen LogP contribution in [0.4, 0.5) is 0 Å². The lowest BCUT2D eigenvalue weighted by Crippen LogP contribution is -1.98. The third-order valence-electron chi connectivity index (χ3n) is 11.0. The first-order chi connectivity index (χ1) is 28.6. The van der Waals surface area contributed by atoms with Gasteiger partial charge in [0.2, 0.25) is 0 Å². The van der Waals surface area contributed by atoms with Gasteiger partial charge in [-0.25, -0.2) is 0 Å². The molecule has 8 heteroatoms. The minimum Gasteiger partial charge on any atom is -0.497 e. The molecule has 0 spiro atoms. The predicted molar refractivity (Wildman–Crippen MR) is 233 cm³/mol. The lowest BCUT2D eigenvalue weighted by atomic mass is 9.95. The summed E-state index contributed by atoms with van der Waals surface area (Å²) in [6.07, 6.45) is 3.71. The fraction of sp³-hybridized carbons (Fsp3) is 0.0800. The maximum absolute atomic E-state index is 5.63. The van der Waals surface area contributed by atoms with Gasteiger partial charge in [0.1, 0.15) is 23.0 Å². The number of benzene rings is 6. The molecule has 6 aromatic carbocycles. The Balaban J connectivity index is 1.10. The zero-order valence-electron chi connectivity index (χ0n) is 32.4. The van der Waals surface area contributed by atoms with Crippen molar-refractivity contribution >= 4 is 43.6 Å². The molecular formula is C50H38N4O4. The van der Waals surface area contributed by atoms with Crippen LogP contribution in [0.2, 0.25) is 0 Å². The van der Waals surface area contributed by atoms with E-state index in [-0.39, 0.29) is 0 Å². The number of pyridine rings is 2. The van der Waals surface area contributed by atoms with E-state index in [0.29, 0.717) is 0 Å². The summed E-state index contributed by atoms with van der Waals surface area (Å²) in [4.78, 5) is 10.0. The van der Waals surface area contributed by atoms with Gasteiger partial charge in [-0.15, -0.1) is 0 Å². The topological polar surface area (TPSA) is 72.6 Å². The first-order valence-electron chi connectivity index (χ1n) is 19.0. The molecule has 0 atom stereocenters. The number of nitrogens with zero attached hydrogens (tertiary/aromatic N) is 4. The van der Waals surface area contributed by atoms with E-state index >= 15 is 0 Å². The molecule has 0 aliphatic heterocycles. The molecule has 10 aromatic rings. The fourth-order valence-corrected chi connectivity index (χ4v) is 8.32. The van der Waals surface area contributed by atoms with Crippen molar-refractivity contribution in [2.24, 2.45) is 0 Å². The minimum atomic E-state index is 0.801. The second-order valence-corrected chi connectivity index (χ2v) is 14.1. The molecule has 0 aliphatic rings. The summed E-state index contributed by atoms with van der Waals surface area (Å²) in [7, 11) is 6.78. The van der Waals surface area contributed by atoms with Crippen molar-refractivity contribution in [3.05, 3.63) is 158 Å². The highest BCUT2D eigenvalue weighted by Gasteiger charge is 2.19. The number of hydrogen-bond acceptors (Lipinski definition) is 6. The SMILES string of the molecule is COc1ccc2c(c1)c1cc(OC)ccc1n2-c1cccc(-c2ncccc2-c2cccnc2-c2cccc(-n3c4ccc(OC)cc4c4cc(OC)ccc43)c2)c1. The lowest BCUT2D eigenvalue weighted by Gasteiger charge is -2.15. The Labute approximate surface area is 335 Å². The van der Waals surface area contributed by atoms with Crippen LogP contribution in [0.25, 0.3) is 88.6 Å². The molecule has 58 heavy (non-hydrogen) atoms. The van der Waals surface area contributed by atoms with Crippen LogP contribution in [0.5, 0.6) is 23.0 Å². The Morgan fingerprint density at radius 1 is 0.362 bits per heavy atom. The molecule has 0 amide bonds. The molecule has 0 unspecified atom stereocenters. The van der Waals surface area contributed by atoms with Gasteiger partial charge in [-0.3, -0.25) is 9.97 Å². The first kappa shape index (κ1) is 34.9. The van der Waals surface area contributed by atoms with Crippen LogP contribution in [0, 0.1) is 0 Å². The normalized spacial score (nSPS) is 11.4. The summed E-state index contributed by atoms with van der Waals surface area (Å²) in [6, 6.07) is 50.2. The molecule has 0 saturated heterocycles. The van der Waals surface area contributed by atoms with Crippen LogP contribution in [0.15, 0.2) is 158 Å². The fourth-order valence-electron chi connectivity index (χ4n) is 8.32. The highest BCUT2D eigenvalue weighted by atomic mass is 16.5. The van der Waals surface area contributed by atoms with E-state index in [9.17, 15) is 0 Å². The van der Waals surface area contributed by atoms with Crippen molar-refractivity contribution in [3.63, 3.8) is 0 Å². The third kappa shape index (κ3) is 5.68. The van der Waals surface area contributed by atoms with Crippen molar-refractivity contribution in [1.82, 2.24) is 19.1 Å². The van der Waals surface area contributed by atoms with Crippen LogP contribution in [0.1, 0.15) is 0 Å². The molecule has 0 radical (unpaired) electrons. The molecule has 8 nitrogen and oxygen atoms in total. The molecule has 4 heterocycles. The number of methoxy groups -OCH3 is 4. The number of fused-ring (bicyclic) bond motifs is 6. The molecule has 0 saturated carbocycles. The second kappa shape index (κ2) is 14.2. The van der Waals surface area contributed by atoms with E-state index < -0.39 is 0 Å². The zero-order chi connectivity index (χ0) is 39.3. The zero-order valence-corrected chi connectivity index (χ0v) is 32.4. The summed E-state index contributed by atoms with van der Waals surface area (Å²) in [6.45, 7) is 0. The molecule has 0 aliphatic carbocycles. The van der Waals surface area contributed by atoms with Gasteiger partial charge >= 0.3 is 0 Å². The Morgan fingerprint density at radius 3 is 1.03 bits per heavy atom. The van der Waals surface area contributed by atoms with Crippen LogP contribution in [-0.4, -0.2) is 47.5 Å². The monoisotopic (exact) mass is 758 g/mol. The Morgan fingerprint density at radius 2 is 0.707 bits per heavy atom. The van der Waals surface area contributed by atoms with Gasteiger partial charge in [0.05, 0.1) is 61.9 Å². The van der Waals surface area contributed by atoms with E-state index in [1.807, 2.05) is 48.8 Å². The maximum atomic E-state index is 5.63. The van der Waals surface area contributed by atoms with Crippen molar-refractivity contribution < 1.29 is 18.9 Å². The van der Waals surface area contributed by atoms with Crippen molar-refractivity contribution in [2.75, 3.05) is 28.4 Å². The highest BCUT2D eigenvalue weighted by molar-refractivity contribution is 6.11. The van der Waals surface area contributed by atoms with Crippen molar-refractivity contribution in [1.29, 1.82) is 0 Å². The Kier molecular flexibility index (Phi) is 8.52. The maximum Gasteiger partial charge on any atom is 0.119 e. The Bertz CT molecular complexity index is 2860. The molecular weight excluding hydrogens is 721 g/mol. The second-order valence-electron chi connectivity index (χ2n) is 14.1. The van der Waals surface area contributed by atoms with E-state index in [1.165, 1.54) is 0 Å². The van der Waals surface area contributed by atoms with Crippen LogP contribution in [-0.2, 0) is 0 Å². The van der Waals surface area contributed by atoms with Crippen LogP contribution in [0.3, 0.4) is 0 Å². The molecule has 10 rings (SSSR count). The quantitative estimate of drug-likeness (QED) is 0.146. The van der Waals surface area contributed by atoms with Gasteiger partial charge in [0, 0.05) is 67.6 Å². The predicted octanol–water partition coefficient (Wildman–Crippen LogP) is 11.7. The van der Waals surface area contributed by atoms with Crippen LogP contribution < -0.4 is 18.9 Å². The van der Waals surface area contributed by atoms with E-state index in [0.717, 1.165) is 112 Å². The van der Waals surface area contributed by atoms with Gasteiger partial charge < -0.3 is 28.1 Å². The number of hydrogen-bond donors (Lipinski definition) is 0. The third-order valence-corrected chi connectivity index (χ3v) is 11.0. The average molecular weight is 759 g/mol. The first-order valence-corrected chi connectivity index (χ1v) is 19.0. The molecule has 0 bridgehead atoms. The summed E-state index contributed by atoms with van der Waals surface area (Å²) in [5.74, 6) is 3.21. The lowest BCUT2D eigenvalue weighted by molar-refractivity contribution is 0.415. The standard InChI is InChI=1S/C50H38N4O4/c1-55-35-15-19-45-41(27-35)42-28-36(56-2)16-20-46(42)53(45)33-11-5-9-31(25-33)49-39(13-7-23-51-49)40-14-8-24-52-50(40)32-10-6-12-34(26-32)54-47-21-17-37(57-3)29-43(47)44-30-38(58-4)18-22-48(44)54/h5-30H,1-4H3. The number of ether oxygens (including phenoxy) is 4. The van der Waals surface area contributed by atoms with Crippen LogP contribution >= 0.6 is 0 Å². The number of rotatable bonds is 9. The largest absolute Gasteiger partial charge is 0.497 e. The molecule has 0 fully saturated rings. The minimum absolute atomic E-state index is 0.801. The summed E-state index contributed by atoms with van der Waals surface area (Å²) < 4.78 is 27.1. The smallest absolute Gasteiger partial charge is 0.119 e. The molecule has 0 N–H and O–H groups in total. The van der Waals surface area contributed by atoms with Gasteiger partial charge in [0.15, 0.2) is 0 Å². The van der Waals surface area contributed by atoms with E-state index in [1.54, 1.807) is 28.4 Å². The summed E-state index contributed by atoms with van der Waals surface area (Å²) in [5.41, 5.74) is 12.0. The highest BCUT2D eigenvalue weighted by Crippen LogP contribution is 2.41. The van der Waals surface area contributed by atoms with Gasteiger partial charge in [-0.1, -0.05) is 36.4 Å². The van der Waals surface area contributed by atoms with Crippen molar-refractivity contribution in [3.8, 4) is 68.0 Å². The summed E-state index contributed by atoms with van der Waals surface area (Å²) in [5, 5.41) is 4.33. The molecule has 282 valence electrons. The summed E-state index contributed by atoms with van der Waals surface area (Å²) >= 11 is 0. The van der Waals surface area contributed by atoms with Gasteiger partial charge in [0.25, 0.3) is 0 Å². The van der Waals surface area contributed by atoms with Gasteiger partial charge in [-0.05, 0) is 109 Å². The van der Waals surface area contributed by atoms with Gasteiger partial charge in [-0.2, -0.15) is 0 Å². The average Bonchev–Trinajstić information content (AvgIpc) is 3.80. The van der Waals surface area contributed by atoms with Crippen molar-refractivity contribution in [2.45, 2.75) is 0 Å². The van der Waals surface area contributed by atoms with E-state index in [4.69, 9.17) is 28.9 Å². The Hall–Kier alpha value is -7.58.